The number of nitrogens with zero attached hydrogens (tertiary/aromatic N) is 2. The van der Waals surface area contributed by atoms with Crippen LogP contribution in [0.5, 0.6) is 0 Å². The summed E-state index contributed by atoms with van der Waals surface area (Å²) in [5.74, 6) is 0. The number of hydrogen-bond acceptors (Lipinski definition) is 2. The SMILES string of the molecule is CCCCN1CC[N]([SnH])CC1. The Hall–Kier alpha value is 0.719. The van der Waals surface area contributed by atoms with Crippen LogP contribution in [0.25, 0.3) is 0 Å². The minimum atomic E-state index is 1.31. The maximum atomic E-state index is 2.59. The van der Waals surface area contributed by atoms with Gasteiger partial charge >= 0.3 is 83.3 Å². The zero-order valence-corrected chi connectivity index (χ0v) is 10.7. The molecule has 1 fully saturated rings. The first-order valence-corrected chi connectivity index (χ1v) is 6.02. The van der Waals surface area contributed by atoms with Crippen molar-refractivity contribution in [3.8, 4) is 0 Å². The van der Waals surface area contributed by atoms with Gasteiger partial charge in [-0.15, -0.1) is 0 Å². The fourth-order valence-electron chi connectivity index (χ4n) is 1.37. The van der Waals surface area contributed by atoms with Crippen LogP contribution in [0.4, 0.5) is 0 Å². The van der Waals surface area contributed by atoms with Gasteiger partial charge in [0.2, 0.25) is 0 Å². The average Bonchev–Trinajstić information content (AvgIpc) is 2.04. The zero-order valence-electron chi connectivity index (χ0n) is 7.42. The first kappa shape index (κ1) is 9.80. The van der Waals surface area contributed by atoms with Crippen LogP contribution in [0.3, 0.4) is 0 Å². The van der Waals surface area contributed by atoms with Crippen LogP contribution in [0.15, 0.2) is 0 Å². The Morgan fingerprint density at radius 1 is 1.18 bits per heavy atom. The Morgan fingerprint density at radius 3 is 2.36 bits per heavy atom. The third kappa shape index (κ3) is 3.76. The van der Waals surface area contributed by atoms with Crippen molar-refractivity contribution in [2.45, 2.75) is 19.8 Å². The maximum absolute atomic E-state index is 2.59. The van der Waals surface area contributed by atoms with Crippen molar-refractivity contribution in [1.82, 2.24) is 8.02 Å². The molecule has 0 N–H and O–H groups in total. The summed E-state index contributed by atoms with van der Waals surface area (Å²) < 4.78 is 2.54. The van der Waals surface area contributed by atoms with Crippen LogP contribution in [0.1, 0.15) is 19.8 Å². The molecule has 1 aliphatic heterocycles. The quantitative estimate of drug-likeness (QED) is 0.670. The van der Waals surface area contributed by atoms with Crippen LogP contribution < -0.4 is 0 Å². The van der Waals surface area contributed by atoms with Crippen molar-refractivity contribution < 1.29 is 0 Å². The Balaban J connectivity index is 2.07. The average molecular weight is 261 g/mol. The summed E-state index contributed by atoms with van der Waals surface area (Å²) in [6.45, 7) is 8.83. The molecule has 1 rings (SSSR count). The van der Waals surface area contributed by atoms with Gasteiger partial charge in [0.1, 0.15) is 0 Å². The van der Waals surface area contributed by atoms with Crippen molar-refractivity contribution in [3.63, 3.8) is 0 Å². The molecule has 1 saturated heterocycles. The van der Waals surface area contributed by atoms with E-state index in [1.54, 1.807) is 0 Å². The van der Waals surface area contributed by atoms with Gasteiger partial charge in [-0.1, -0.05) is 0 Å². The number of hydrogen-bond donors (Lipinski definition) is 0. The topological polar surface area (TPSA) is 6.48 Å². The molecule has 64 valence electrons. The van der Waals surface area contributed by atoms with E-state index in [-0.39, 0.29) is 0 Å². The molecule has 0 aromatic heterocycles. The van der Waals surface area contributed by atoms with Gasteiger partial charge in [0, 0.05) is 0 Å². The predicted molar refractivity (Wildman–Crippen MR) is 50.1 cm³/mol. The zero-order chi connectivity index (χ0) is 8.10. The summed E-state index contributed by atoms with van der Waals surface area (Å²) >= 11 is 1.31. The molecular weight excluding hydrogens is 243 g/mol. The summed E-state index contributed by atoms with van der Waals surface area (Å²) in [5.41, 5.74) is 0. The standard InChI is InChI=1S/C8H17N2.Sn.H/c1-2-3-6-10-7-4-9-5-8-10;;/h2-8H2,1H3;;/q-1;+1;. The second kappa shape index (κ2) is 5.38. The molecule has 1 aliphatic rings. The van der Waals surface area contributed by atoms with E-state index in [2.05, 4.69) is 14.9 Å². The first-order chi connectivity index (χ1) is 5.33. The van der Waals surface area contributed by atoms with Gasteiger partial charge in [-0.3, -0.25) is 0 Å². The van der Waals surface area contributed by atoms with Crippen molar-refractivity contribution in [2.75, 3.05) is 32.7 Å². The minimum absolute atomic E-state index is 1.31. The normalized spacial score (nSPS) is 22.4. The van der Waals surface area contributed by atoms with Gasteiger partial charge in [0.25, 0.3) is 0 Å². The third-order valence-corrected chi connectivity index (χ3v) is 3.71. The molecule has 0 atom stereocenters. The Kier molecular flexibility index (Phi) is 4.79. The van der Waals surface area contributed by atoms with E-state index in [1.165, 1.54) is 68.4 Å². The van der Waals surface area contributed by atoms with Crippen LogP contribution in [0.2, 0.25) is 0 Å². The van der Waals surface area contributed by atoms with Crippen LogP contribution in [0, 0.1) is 0 Å². The predicted octanol–water partition coefficient (Wildman–Crippen LogP) is 0.220. The first-order valence-electron chi connectivity index (χ1n) is 4.55. The van der Waals surface area contributed by atoms with Gasteiger partial charge in [-0.05, 0) is 0 Å². The summed E-state index contributed by atoms with van der Waals surface area (Å²) in [7, 11) is 0. The second-order valence-corrected chi connectivity index (χ2v) is 5.32. The van der Waals surface area contributed by atoms with E-state index in [4.69, 9.17) is 0 Å². The van der Waals surface area contributed by atoms with E-state index >= 15 is 0 Å². The van der Waals surface area contributed by atoms with Gasteiger partial charge in [0.05, 0.1) is 0 Å². The van der Waals surface area contributed by atoms with Crippen LogP contribution in [-0.4, -0.2) is 63.5 Å². The van der Waals surface area contributed by atoms with Gasteiger partial charge in [-0.25, -0.2) is 0 Å². The fourth-order valence-corrected chi connectivity index (χ4v) is 2.03. The number of unbranched alkanes of at least 4 members (excludes halogenated alkanes) is 1. The van der Waals surface area contributed by atoms with Gasteiger partial charge in [0.15, 0.2) is 0 Å². The molecule has 0 saturated carbocycles. The summed E-state index contributed by atoms with van der Waals surface area (Å²) in [5, 5.41) is 0. The molecular formula is C8H18N2Sn. The molecule has 0 aromatic rings. The molecule has 0 amide bonds. The van der Waals surface area contributed by atoms with E-state index in [0.29, 0.717) is 0 Å². The van der Waals surface area contributed by atoms with Crippen LogP contribution >= 0.6 is 0 Å². The van der Waals surface area contributed by atoms with Crippen molar-refractivity contribution in [3.05, 3.63) is 0 Å². The molecule has 1 heterocycles. The molecule has 0 aromatic carbocycles. The van der Waals surface area contributed by atoms with Gasteiger partial charge in [-0.2, -0.15) is 0 Å². The molecule has 0 unspecified atom stereocenters. The Labute approximate surface area is 83.4 Å². The van der Waals surface area contributed by atoms with Crippen LogP contribution in [-0.2, 0) is 0 Å². The molecule has 2 nitrogen and oxygen atoms in total. The van der Waals surface area contributed by atoms with Crippen molar-refractivity contribution in [1.29, 1.82) is 0 Å². The van der Waals surface area contributed by atoms with E-state index in [1.807, 2.05) is 0 Å². The monoisotopic (exact) mass is 262 g/mol. The van der Waals surface area contributed by atoms with Crippen molar-refractivity contribution in [2.24, 2.45) is 0 Å². The summed E-state index contributed by atoms with van der Waals surface area (Å²) in [6, 6.07) is 0. The fraction of sp³-hybridized carbons (Fsp3) is 1.00. The number of rotatable bonds is 3. The molecule has 11 heavy (non-hydrogen) atoms. The Morgan fingerprint density at radius 2 is 1.82 bits per heavy atom. The summed E-state index contributed by atoms with van der Waals surface area (Å²) in [6.07, 6.45) is 2.71. The molecule has 0 bridgehead atoms. The second-order valence-electron chi connectivity index (χ2n) is 3.23. The van der Waals surface area contributed by atoms with Crippen molar-refractivity contribution >= 4 is 22.8 Å². The molecule has 2 radical (unpaired) electrons. The van der Waals surface area contributed by atoms with E-state index < -0.39 is 0 Å². The molecule has 0 spiro atoms. The summed E-state index contributed by atoms with van der Waals surface area (Å²) in [4.78, 5) is 2.59. The van der Waals surface area contributed by atoms with Gasteiger partial charge < -0.3 is 0 Å². The third-order valence-electron chi connectivity index (χ3n) is 2.23. The Bertz CT molecular complexity index is 97.5. The molecule has 0 aliphatic carbocycles. The van der Waals surface area contributed by atoms with E-state index in [0.717, 1.165) is 0 Å². The molecule has 3 heteroatoms. The van der Waals surface area contributed by atoms with E-state index in [9.17, 15) is 0 Å². The number of piperazine rings is 1.